The van der Waals surface area contributed by atoms with Crippen molar-refractivity contribution in [2.24, 2.45) is 0 Å². The van der Waals surface area contributed by atoms with Gasteiger partial charge in [0.2, 0.25) is 0 Å². The third-order valence-electron chi connectivity index (χ3n) is 3.34. The highest BCUT2D eigenvalue weighted by molar-refractivity contribution is 14.1. The molecule has 0 atom stereocenters. The van der Waals surface area contributed by atoms with E-state index in [0.717, 1.165) is 14.7 Å². The van der Waals surface area contributed by atoms with Crippen LogP contribution >= 0.6 is 34.8 Å². The van der Waals surface area contributed by atoms with Gasteiger partial charge in [-0.25, -0.2) is 0 Å². The monoisotopic (exact) mass is 453 g/mol. The molecule has 0 aromatic heterocycles. The molecule has 2 amide bonds. The maximum atomic E-state index is 12.1. The average Bonchev–Trinajstić information content (AvgIpc) is 2.55. The van der Waals surface area contributed by atoms with Crippen LogP contribution in [0.5, 0.6) is 0 Å². The van der Waals surface area contributed by atoms with Crippen LogP contribution in [-0.4, -0.2) is 16.9 Å². The normalized spacial score (nSPS) is 9.96. The molecule has 2 aromatic carbocycles. The third kappa shape index (κ3) is 4.75. The minimum absolute atomic E-state index is 0.0255. The summed E-state index contributed by atoms with van der Waals surface area (Å²) < 4.78 is 0.993. The second-order valence-corrected chi connectivity index (χ2v) is 6.71. The van der Waals surface area contributed by atoms with Crippen LogP contribution in [0, 0.1) is 17.4 Å². The second kappa shape index (κ2) is 8.20. The lowest BCUT2D eigenvalue weighted by atomic mass is 10.1. The van der Waals surface area contributed by atoms with Crippen LogP contribution in [0.15, 0.2) is 42.5 Å². The number of halogens is 1. The Bertz CT molecular complexity index is 808. The van der Waals surface area contributed by atoms with Crippen molar-refractivity contribution in [3.05, 3.63) is 68.3 Å². The number of aryl methyl sites for hydroxylation is 2. The summed E-state index contributed by atoms with van der Waals surface area (Å²) in [5, 5.41) is 2.55. The van der Waals surface area contributed by atoms with Crippen molar-refractivity contribution in [3.8, 4) is 0 Å². The maximum Gasteiger partial charge on any atom is 0.269 e. The fourth-order valence-corrected chi connectivity index (χ4v) is 2.61. The van der Waals surface area contributed by atoms with Gasteiger partial charge in [-0.05, 0) is 78.0 Å². The van der Waals surface area contributed by atoms with Gasteiger partial charge >= 0.3 is 0 Å². The molecule has 5 nitrogen and oxygen atoms in total. The molecule has 0 heterocycles. The SMILES string of the molecule is Cc1ccc(C(=O)NC(=S)NNC(=O)c2ccccc2C)cc1I. The van der Waals surface area contributed by atoms with Gasteiger partial charge < -0.3 is 0 Å². The summed E-state index contributed by atoms with van der Waals surface area (Å²) in [5.41, 5.74) is 7.98. The smallest absolute Gasteiger partial charge is 0.269 e. The summed E-state index contributed by atoms with van der Waals surface area (Å²) in [5.74, 6) is -0.662. The van der Waals surface area contributed by atoms with E-state index in [9.17, 15) is 9.59 Å². The summed E-state index contributed by atoms with van der Waals surface area (Å²) in [4.78, 5) is 24.2. The Morgan fingerprint density at radius 1 is 0.958 bits per heavy atom. The van der Waals surface area contributed by atoms with Crippen molar-refractivity contribution in [1.82, 2.24) is 16.2 Å². The summed E-state index contributed by atoms with van der Waals surface area (Å²) >= 11 is 7.20. The van der Waals surface area contributed by atoms with Gasteiger partial charge in [-0.1, -0.05) is 24.3 Å². The van der Waals surface area contributed by atoms with Crippen LogP contribution in [0.25, 0.3) is 0 Å². The molecule has 2 aromatic rings. The summed E-state index contributed by atoms with van der Waals surface area (Å²) in [6.07, 6.45) is 0. The van der Waals surface area contributed by atoms with Crippen molar-refractivity contribution >= 4 is 51.7 Å². The van der Waals surface area contributed by atoms with E-state index in [2.05, 4.69) is 38.8 Å². The molecule has 0 bridgehead atoms. The maximum absolute atomic E-state index is 12.1. The molecule has 0 saturated heterocycles. The number of carbonyl (C=O) groups is 2. The standard InChI is InChI=1S/C17H16IN3O2S/c1-10-5-3-4-6-13(10)16(23)20-21-17(24)19-15(22)12-8-7-11(2)14(18)9-12/h3-9H,1-2H3,(H,20,23)(H2,19,21,22,24). The molecule has 0 saturated carbocycles. The van der Waals surface area contributed by atoms with Crippen molar-refractivity contribution < 1.29 is 9.59 Å². The van der Waals surface area contributed by atoms with Crippen LogP contribution in [0.3, 0.4) is 0 Å². The zero-order valence-electron chi connectivity index (χ0n) is 13.1. The van der Waals surface area contributed by atoms with E-state index in [0.29, 0.717) is 11.1 Å². The van der Waals surface area contributed by atoms with E-state index in [4.69, 9.17) is 12.2 Å². The molecule has 0 radical (unpaired) electrons. The largest absolute Gasteiger partial charge is 0.298 e. The fourth-order valence-electron chi connectivity index (χ4n) is 1.95. The second-order valence-electron chi connectivity index (χ2n) is 5.14. The molecular weight excluding hydrogens is 437 g/mol. The number of carbonyl (C=O) groups excluding carboxylic acids is 2. The number of hydrogen-bond donors (Lipinski definition) is 3. The molecule has 0 fully saturated rings. The average molecular weight is 453 g/mol. The minimum Gasteiger partial charge on any atom is -0.298 e. The zero-order valence-corrected chi connectivity index (χ0v) is 16.1. The van der Waals surface area contributed by atoms with Crippen LogP contribution in [-0.2, 0) is 0 Å². The van der Waals surface area contributed by atoms with Gasteiger partial charge in [-0.3, -0.25) is 25.8 Å². The van der Waals surface area contributed by atoms with Gasteiger partial charge in [0.25, 0.3) is 11.8 Å². The van der Waals surface area contributed by atoms with Crippen LogP contribution in [0.4, 0.5) is 0 Å². The number of nitrogens with one attached hydrogen (secondary N) is 3. The molecule has 2 rings (SSSR count). The molecule has 24 heavy (non-hydrogen) atoms. The quantitative estimate of drug-likeness (QED) is 0.372. The molecule has 124 valence electrons. The highest BCUT2D eigenvalue weighted by atomic mass is 127. The zero-order chi connectivity index (χ0) is 17.7. The van der Waals surface area contributed by atoms with Crippen LogP contribution in [0.2, 0.25) is 0 Å². The molecule has 3 N–H and O–H groups in total. The predicted octanol–water partition coefficient (Wildman–Crippen LogP) is 2.86. The van der Waals surface area contributed by atoms with Gasteiger partial charge in [0, 0.05) is 14.7 Å². The lowest BCUT2D eigenvalue weighted by molar-refractivity contribution is 0.0934. The Morgan fingerprint density at radius 2 is 1.67 bits per heavy atom. The van der Waals surface area contributed by atoms with Crippen molar-refractivity contribution in [3.63, 3.8) is 0 Å². The molecule has 0 aliphatic rings. The Labute approximate surface area is 159 Å². The van der Waals surface area contributed by atoms with Crippen molar-refractivity contribution in [2.75, 3.05) is 0 Å². The van der Waals surface area contributed by atoms with E-state index in [-0.39, 0.29) is 16.9 Å². The first kappa shape index (κ1) is 18.3. The highest BCUT2D eigenvalue weighted by Gasteiger charge is 2.11. The van der Waals surface area contributed by atoms with Gasteiger partial charge in [0.1, 0.15) is 0 Å². The first-order chi connectivity index (χ1) is 11.4. The van der Waals surface area contributed by atoms with Crippen LogP contribution in [0.1, 0.15) is 31.8 Å². The number of rotatable bonds is 2. The fraction of sp³-hybridized carbons (Fsp3) is 0.118. The molecule has 0 spiro atoms. The molecule has 0 aliphatic heterocycles. The van der Waals surface area contributed by atoms with Crippen molar-refractivity contribution in [1.29, 1.82) is 0 Å². The van der Waals surface area contributed by atoms with Gasteiger partial charge in [-0.15, -0.1) is 0 Å². The highest BCUT2D eigenvalue weighted by Crippen LogP contribution is 2.13. The van der Waals surface area contributed by atoms with E-state index in [1.807, 2.05) is 32.0 Å². The molecular formula is C17H16IN3O2S. The van der Waals surface area contributed by atoms with E-state index in [1.165, 1.54) is 0 Å². The Balaban J connectivity index is 1.91. The van der Waals surface area contributed by atoms with Crippen molar-refractivity contribution in [2.45, 2.75) is 13.8 Å². The molecule has 0 unspecified atom stereocenters. The predicted molar refractivity (Wildman–Crippen MR) is 106 cm³/mol. The molecule has 0 aliphatic carbocycles. The van der Waals surface area contributed by atoms with E-state index >= 15 is 0 Å². The summed E-state index contributed by atoms with van der Waals surface area (Å²) in [7, 11) is 0. The van der Waals surface area contributed by atoms with E-state index < -0.39 is 0 Å². The number of thiocarbonyl (C=S) groups is 1. The Hall–Kier alpha value is -2.00. The van der Waals surface area contributed by atoms with Gasteiger partial charge in [0.05, 0.1) is 0 Å². The molecule has 7 heteroatoms. The Morgan fingerprint density at radius 3 is 2.33 bits per heavy atom. The number of hydrazine groups is 1. The van der Waals surface area contributed by atoms with Gasteiger partial charge in [0.15, 0.2) is 5.11 Å². The number of benzene rings is 2. The minimum atomic E-state index is -0.337. The number of amides is 2. The topological polar surface area (TPSA) is 70.2 Å². The summed E-state index contributed by atoms with van der Waals surface area (Å²) in [6, 6.07) is 12.6. The lowest BCUT2D eigenvalue weighted by Gasteiger charge is -2.12. The third-order valence-corrected chi connectivity index (χ3v) is 4.71. The van der Waals surface area contributed by atoms with Crippen LogP contribution < -0.4 is 16.2 Å². The first-order valence-corrected chi connectivity index (χ1v) is 8.60. The first-order valence-electron chi connectivity index (χ1n) is 7.12. The van der Waals surface area contributed by atoms with Gasteiger partial charge in [-0.2, -0.15) is 0 Å². The lowest BCUT2D eigenvalue weighted by Crippen LogP contribution is -2.48. The van der Waals surface area contributed by atoms with E-state index in [1.54, 1.807) is 24.3 Å². The Kier molecular flexibility index (Phi) is 6.27. The number of hydrogen-bond acceptors (Lipinski definition) is 3. The summed E-state index contributed by atoms with van der Waals surface area (Å²) in [6.45, 7) is 3.81.